The summed E-state index contributed by atoms with van der Waals surface area (Å²) in [4.78, 5) is 2.17. The second-order valence-electron chi connectivity index (χ2n) is 5.48. The lowest BCUT2D eigenvalue weighted by Crippen LogP contribution is -2.10. The van der Waals surface area contributed by atoms with Crippen molar-refractivity contribution in [1.82, 2.24) is 0 Å². The van der Waals surface area contributed by atoms with Crippen molar-refractivity contribution < 1.29 is 0 Å². The molecule has 0 N–H and O–H groups in total. The summed E-state index contributed by atoms with van der Waals surface area (Å²) in [5.74, 6) is 0. The fourth-order valence-corrected chi connectivity index (χ4v) is 2.69. The lowest BCUT2D eigenvalue weighted by atomic mass is 9.87. The number of nitriles is 1. The molecule has 1 nitrogen and oxygen atoms in total. The Balaban J connectivity index is 2.23. The highest BCUT2D eigenvalue weighted by Gasteiger charge is 2.13. The quantitative estimate of drug-likeness (QED) is 0.764. The third kappa shape index (κ3) is 3.39. The van der Waals surface area contributed by atoms with Gasteiger partial charge in [-0.3, -0.25) is 0 Å². The van der Waals surface area contributed by atoms with Gasteiger partial charge in [-0.1, -0.05) is 56.8 Å². The van der Waals surface area contributed by atoms with Gasteiger partial charge in [0, 0.05) is 9.79 Å². The van der Waals surface area contributed by atoms with E-state index in [4.69, 9.17) is 5.26 Å². The minimum atomic E-state index is 0.174. The van der Waals surface area contributed by atoms with E-state index in [9.17, 15) is 0 Å². The van der Waals surface area contributed by atoms with Crippen molar-refractivity contribution >= 4 is 11.8 Å². The first-order valence-electron chi connectivity index (χ1n) is 6.28. The maximum Gasteiger partial charge on any atom is 0.100 e. The van der Waals surface area contributed by atoms with E-state index in [1.54, 1.807) is 11.8 Å². The first kappa shape index (κ1) is 13.7. The summed E-state index contributed by atoms with van der Waals surface area (Å²) in [6, 6.07) is 18.5. The lowest BCUT2D eigenvalue weighted by Gasteiger charge is -2.19. The number of hydrogen-bond acceptors (Lipinski definition) is 2. The first-order chi connectivity index (χ1) is 9.00. The zero-order valence-corrected chi connectivity index (χ0v) is 12.3. The summed E-state index contributed by atoms with van der Waals surface area (Å²) in [5.41, 5.74) is 2.23. The molecular weight excluding hydrogens is 250 g/mol. The summed E-state index contributed by atoms with van der Waals surface area (Å²) in [6.45, 7) is 6.63. The molecular formula is C17H17NS. The van der Waals surface area contributed by atoms with Crippen molar-refractivity contribution in [3.63, 3.8) is 0 Å². The Morgan fingerprint density at radius 3 is 2.16 bits per heavy atom. The monoisotopic (exact) mass is 267 g/mol. The number of benzene rings is 2. The molecule has 0 spiro atoms. The van der Waals surface area contributed by atoms with E-state index in [1.165, 1.54) is 5.56 Å². The predicted molar refractivity (Wildman–Crippen MR) is 80.4 cm³/mol. The van der Waals surface area contributed by atoms with Crippen LogP contribution in [0.25, 0.3) is 0 Å². The van der Waals surface area contributed by atoms with Gasteiger partial charge in [0.15, 0.2) is 0 Å². The van der Waals surface area contributed by atoms with Crippen LogP contribution in [0, 0.1) is 11.3 Å². The second kappa shape index (κ2) is 5.50. The van der Waals surface area contributed by atoms with Crippen molar-refractivity contribution in [1.29, 1.82) is 5.26 Å². The molecule has 0 atom stereocenters. The molecule has 0 aliphatic heterocycles. The topological polar surface area (TPSA) is 23.8 Å². The molecule has 0 heterocycles. The molecule has 0 saturated carbocycles. The zero-order valence-electron chi connectivity index (χ0n) is 11.5. The Labute approximate surface area is 119 Å². The van der Waals surface area contributed by atoms with Gasteiger partial charge in [0.05, 0.1) is 5.56 Å². The molecule has 2 aromatic rings. The minimum absolute atomic E-state index is 0.174. The van der Waals surface area contributed by atoms with Gasteiger partial charge < -0.3 is 0 Å². The van der Waals surface area contributed by atoms with Crippen molar-refractivity contribution in [3.8, 4) is 6.07 Å². The van der Waals surface area contributed by atoms with Crippen LogP contribution in [0.5, 0.6) is 0 Å². The standard InChI is InChI=1S/C17H17NS/c1-17(2,3)14-8-10-15(11-9-14)19-16-7-5-4-6-13(16)12-18/h4-11H,1-3H3. The van der Waals surface area contributed by atoms with Gasteiger partial charge in [-0.05, 0) is 35.2 Å². The molecule has 0 aliphatic rings. The molecule has 2 rings (SSSR count). The zero-order chi connectivity index (χ0) is 13.9. The van der Waals surface area contributed by atoms with Gasteiger partial charge in [0.1, 0.15) is 6.07 Å². The SMILES string of the molecule is CC(C)(C)c1ccc(Sc2ccccc2C#N)cc1. The molecule has 19 heavy (non-hydrogen) atoms. The highest BCUT2D eigenvalue weighted by Crippen LogP contribution is 2.31. The number of nitrogens with zero attached hydrogens (tertiary/aromatic N) is 1. The molecule has 0 aromatic heterocycles. The molecule has 0 fully saturated rings. The smallest absolute Gasteiger partial charge is 0.100 e. The fraction of sp³-hybridized carbons (Fsp3) is 0.235. The van der Waals surface area contributed by atoms with E-state index in [-0.39, 0.29) is 5.41 Å². The Morgan fingerprint density at radius 2 is 1.58 bits per heavy atom. The molecule has 0 radical (unpaired) electrons. The number of rotatable bonds is 2. The maximum atomic E-state index is 9.08. The van der Waals surface area contributed by atoms with Crippen LogP contribution in [-0.4, -0.2) is 0 Å². The highest BCUT2D eigenvalue weighted by atomic mass is 32.2. The minimum Gasteiger partial charge on any atom is -0.192 e. The van der Waals surface area contributed by atoms with E-state index < -0.39 is 0 Å². The van der Waals surface area contributed by atoms with Gasteiger partial charge in [-0.25, -0.2) is 0 Å². The summed E-state index contributed by atoms with van der Waals surface area (Å²) < 4.78 is 0. The van der Waals surface area contributed by atoms with Crippen LogP contribution >= 0.6 is 11.8 Å². The maximum absolute atomic E-state index is 9.08. The van der Waals surface area contributed by atoms with E-state index in [0.29, 0.717) is 0 Å². The Kier molecular flexibility index (Phi) is 3.97. The third-order valence-electron chi connectivity index (χ3n) is 2.96. The summed E-state index contributed by atoms with van der Waals surface area (Å²) in [5, 5.41) is 9.08. The van der Waals surface area contributed by atoms with Gasteiger partial charge in [-0.2, -0.15) is 5.26 Å². The largest absolute Gasteiger partial charge is 0.192 e. The average Bonchev–Trinajstić information content (AvgIpc) is 2.39. The fourth-order valence-electron chi connectivity index (χ4n) is 1.80. The van der Waals surface area contributed by atoms with E-state index in [2.05, 4.69) is 51.1 Å². The Morgan fingerprint density at radius 1 is 0.947 bits per heavy atom. The molecule has 2 heteroatoms. The normalized spacial score (nSPS) is 11.1. The van der Waals surface area contributed by atoms with Crippen molar-refractivity contribution in [2.75, 3.05) is 0 Å². The number of hydrogen-bond donors (Lipinski definition) is 0. The van der Waals surface area contributed by atoms with Crippen LogP contribution in [0.2, 0.25) is 0 Å². The molecule has 2 aromatic carbocycles. The van der Waals surface area contributed by atoms with Crippen molar-refractivity contribution in [2.45, 2.75) is 36.0 Å². The molecule has 0 aliphatic carbocycles. The Bertz CT molecular complexity index is 600. The lowest BCUT2D eigenvalue weighted by molar-refractivity contribution is 0.590. The predicted octanol–water partition coefficient (Wildman–Crippen LogP) is 5.01. The van der Waals surface area contributed by atoms with Crippen LogP contribution in [0.3, 0.4) is 0 Å². The third-order valence-corrected chi connectivity index (χ3v) is 4.04. The van der Waals surface area contributed by atoms with Crippen LogP contribution in [0.4, 0.5) is 0 Å². The van der Waals surface area contributed by atoms with Crippen molar-refractivity contribution in [2.24, 2.45) is 0 Å². The van der Waals surface area contributed by atoms with Gasteiger partial charge in [0.2, 0.25) is 0 Å². The van der Waals surface area contributed by atoms with Crippen molar-refractivity contribution in [3.05, 3.63) is 59.7 Å². The first-order valence-corrected chi connectivity index (χ1v) is 7.10. The summed E-state index contributed by atoms with van der Waals surface area (Å²) >= 11 is 1.64. The molecule has 0 saturated heterocycles. The van der Waals surface area contributed by atoms with E-state index >= 15 is 0 Å². The summed E-state index contributed by atoms with van der Waals surface area (Å²) in [6.07, 6.45) is 0. The molecule has 0 unspecified atom stereocenters. The molecule has 0 amide bonds. The van der Waals surface area contributed by atoms with Gasteiger partial charge in [-0.15, -0.1) is 0 Å². The van der Waals surface area contributed by atoms with Crippen LogP contribution in [-0.2, 0) is 5.41 Å². The van der Waals surface area contributed by atoms with Gasteiger partial charge >= 0.3 is 0 Å². The second-order valence-corrected chi connectivity index (χ2v) is 6.60. The average molecular weight is 267 g/mol. The Hall–Kier alpha value is -1.72. The molecule has 96 valence electrons. The van der Waals surface area contributed by atoms with Gasteiger partial charge in [0.25, 0.3) is 0 Å². The van der Waals surface area contributed by atoms with E-state index in [0.717, 1.165) is 15.4 Å². The highest BCUT2D eigenvalue weighted by molar-refractivity contribution is 7.99. The van der Waals surface area contributed by atoms with Crippen LogP contribution in [0.1, 0.15) is 31.9 Å². The van der Waals surface area contributed by atoms with E-state index in [1.807, 2.05) is 24.3 Å². The summed E-state index contributed by atoms with van der Waals surface area (Å²) in [7, 11) is 0. The molecule has 0 bridgehead atoms. The van der Waals surface area contributed by atoms with Crippen LogP contribution in [0.15, 0.2) is 58.3 Å². The van der Waals surface area contributed by atoms with Crippen LogP contribution < -0.4 is 0 Å².